The van der Waals surface area contributed by atoms with Crippen LogP contribution in [0.3, 0.4) is 0 Å². The molecular weight excluding hydrogens is 207 g/mol. The third kappa shape index (κ3) is 2.84. The van der Waals surface area contributed by atoms with E-state index in [4.69, 9.17) is 19.3 Å². The zero-order valence-corrected chi connectivity index (χ0v) is 8.73. The molecule has 0 atom stereocenters. The molecule has 5 nitrogen and oxygen atoms in total. The van der Waals surface area contributed by atoms with Crippen molar-refractivity contribution in [2.24, 2.45) is 0 Å². The van der Waals surface area contributed by atoms with Crippen LogP contribution in [0.25, 0.3) is 0 Å². The van der Waals surface area contributed by atoms with Gasteiger partial charge in [0.25, 0.3) is 0 Å². The number of carbonyl (C=O) groups is 1. The predicted molar refractivity (Wildman–Crippen MR) is 60.2 cm³/mol. The van der Waals surface area contributed by atoms with E-state index in [1.807, 2.05) is 0 Å². The van der Waals surface area contributed by atoms with Gasteiger partial charge in [-0.3, -0.25) is 0 Å². The first kappa shape index (κ1) is 14.7. The molecule has 0 saturated carbocycles. The zero-order chi connectivity index (χ0) is 11.4. The molecule has 0 radical (unpaired) electrons. The molecule has 0 spiro atoms. The third-order valence-corrected chi connectivity index (χ3v) is 1.91. The summed E-state index contributed by atoms with van der Waals surface area (Å²) in [6, 6.07) is 2.76. The van der Waals surface area contributed by atoms with Crippen molar-refractivity contribution >= 4 is 24.8 Å². The van der Waals surface area contributed by atoms with Crippen molar-refractivity contribution < 1.29 is 24.1 Å². The van der Waals surface area contributed by atoms with Crippen molar-refractivity contribution in [1.29, 1.82) is 0 Å². The maximum atomic E-state index is 10.8. The van der Waals surface area contributed by atoms with Gasteiger partial charge in [-0.15, -0.1) is 0 Å². The molecule has 0 heterocycles. The van der Waals surface area contributed by atoms with Crippen LogP contribution in [0.1, 0.15) is 10.4 Å². The molecule has 0 aliphatic carbocycles. The molecule has 0 amide bonds. The average Bonchev–Trinajstić information content (AvgIpc) is 2.26. The zero-order valence-electron chi connectivity index (χ0n) is 8.73. The third-order valence-electron chi connectivity index (χ3n) is 1.91. The molecule has 0 bridgehead atoms. The first-order valence-corrected chi connectivity index (χ1v) is 4.17. The number of hydrogen-bond acceptors (Lipinski definition) is 4. The molecule has 1 N–H and O–H groups in total. The fraction of sp³-hybridized carbons (Fsp3) is 0.300. The topological polar surface area (TPSA) is 65.0 Å². The van der Waals surface area contributed by atoms with Gasteiger partial charge in [-0.05, 0) is 12.1 Å². The Balaban J connectivity index is 0.00000225. The van der Waals surface area contributed by atoms with Crippen LogP contribution in [0, 0.1) is 0 Å². The summed E-state index contributed by atoms with van der Waals surface area (Å²) in [6.07, 6.45) is 0. The Kier molecular flexibility index (Phi) is 5.79. The van der Waals surface area contributed by atoms with Crippen LogP contribution in [0.4, 0.5) is 0 Å². The van der Waals surface area contributed by atoms with Crippen molar-refractivity contribution in [2.75, 3.05) is 21.3 Å². The maximum absolute atomic E-state index is 10.8. The van der Waals surface area contributed by atoms with E-state index in [1.165, 1.54) is 33.5 Å². The molecule has 0 aliphatic heterocycles. The van der Waals surface area contributed by atoms with Crippen molar-refractivity contribution in [1.82, 2.24) is 0 Å². The SMILES string of the molecule is COc1cc(C(=O)O)cc(OC)c1OC.[LiH]. The van der Waals surface area contributed by atoms with Crippen LogP contribution in [-0.2, 0) is 0 Å². The number of ether oxygens (including phenoxy) is 3. The van der Waals surface area contributed by atoms with E-state index >= 15 is 0 Å². The minimum atomic E-state index is -1.05. The van der Waals surface area contributed by atoms with E-state index in [2.05, 4.69) is 0 Å². The number of benzene rings is 1. The second-order valence-electron chi connectivity index (χ2n) is 2.72. The van der Waals surface area contributed by atoms with Crippen molar-refractivity contribution in [2.45, 2.75) is 0 Å². The second kappa shape index (κ2) is 6.31. The van der Waals surface area contributed by atoms with Gasteiger partial charge < -0.3 is 19.3 Å². The molecule has 1 rings (SSSR count). The molecule has 1 aromatic rings. The number of aromatic carboxylic acids is 1. The number of carboxylic acid groups (broad SMARTS) is 1. The van der Waals surface area contributed by atoms with E-state index in [1.54, 1.807) is 0 Å². The molecular formula is C10H13LiO5. The van der Waals surface area contributed by atoms with Gasteiger partial charge in [-0.1, -0.05) is 0 Å². The average molecular weight is 220 g/mol. The van der Waals surface area contributed by atoms with E-state index < -0.39 is 5.97 Å². The summed E-state index contributed by atoms with van der Waals surface area (Å²) in [6.45, 7) is 0. The normalized spacial score (nSPS) is 8.94. The summed E-state index contributed by atoms with van der Waals surface area (Å²) in [5, 5.41) is 8.84. The Bertz CT molecular complexity index is 352. The summed E-state index contributed by atoms with van der Waals surface area (Å²) in [5.41, 5.74) is 0.0875. The molecule has 16 heavy (non-hydrogen) atoms. The quantitative estimate of drug-likeness (QED) is 0.759. The molecule has 84 valence electrons. The summed E-state index contributed by atoms with van der Waals surface area (Å²) < 4.78 is 15.1. The Morgan fingerprint density at radius 3 is 1.75 bits per heavy atom. The van der Waals surface area contributed by atoms with Gasteiger partial charge in [0.05, 0.1) is 26.9 Å². The van der Waals surface area contributed by atoms with Crippen LogP contribution in [-0.4, -0.2) is 51.3 Å². The Morgan fingerprint density at radius 1 is 1.06 bits per heavy atom. The molecule has 0 unspecified atom stereocenters. The van der Waals surface area contributed by atoms with Crippen molar-refractivity contribution in [3.8, 4) is 17.2 Å². The molecule has 1 aromatic carbocycles. The van der Waals surface area contributed by atoms with Crippen molar-refractivity contribution in [3.63, 3.8) is 0 Å². The Morgan fingerprint density at radius 2 is 1.50 bits per heavy atom. The number of carboxylic acids is 1. The van der Waals surface area contributed by atoms with Gasteiger partial charge in [-0.2, -0.15) is 0 Å². The fourth-order valence-electron chi connectivity index (χ4n) is 1.20. The van der Waals surface area contributed by atoms with Gasteiger partial charge in [0.1, 0.15) is 0 Å². The van der Waals surface area contributed by atoms with E-state index in [0.717, 1.165) is 0 Å². The number of hydrogen-bond donors (Lipinski definition) is 1. The standard InChI is InChI=1S/C10H12O5.Li.H/c1-13-7-4-6(10(11)12)5-8(14-2)9(7)15-3;;/h4-5H,1-3H3,(H,11,12);;. The van der Waals surface area contributed by atoms with Crippen LogP contribution in [0.15, 0.2) is 12.1 Å². The first-order valence-electron chi connectivity index (χ1n) is 4.17. The van der Waals surface area contributed by atoms with Gasteiger partial charge in [-0.25, -0.2) is 4.79 Å². The molecule has 0 saturated heterocycles. The van der Waals surface area contributed by atoms with Crippen LogP contribution >= 0.6 is 0 Å². The van der Waals surface area contributed by atoms with Gasteiger partial charge in [0.2, 0.25) is 5.75 Å². The number of rotatable bonds is 4. The molecule has 0 fully saturated rings. The van der Waals surface area contributed by atoms with Crippen LogP contribution in [0.2, 0.25) is 0 Å². The molecule has 0 aromatic heterocycles. The fourth-order valence-corrected chi connectivity index (χ4v) is 1.20. The number of methoxy groups -OCH3 is 3. The second-order valence-corrected chi connectivity index (χ2v) is 2.72. The van der Waals surface area contributed by atoms with Crippen molar-refractivity contribution in [3.05, 3.63) is 17.7 Å². The van der Waals surface area contributed by atoms with Gasteiger partial charge >= 0.3 is 24.8 Å². The summed E-state index contributed by atoms with van der Waals surface area (Å²) in [4.78, 5) is 10.8. The predicted octanol–water partition coefficient (Wildman–Crippen LogP) is 0.762. The molecule has 6 heteroatoms. The van der Waals surface area contributed by atoms with Gasteiger partial charge in [0.15, 0.2) is 11.5 Å². The van der Waals surface area contributed by atoms with E-state index in [0.29, 0.717) is 17.2 Å². The summed E-state index contributed by atoms with van der Waals surface area (Å²) in [7, 11) is 4.33. The Labute approximate surface area is 105 Å². The minimum absolute atomic E-state index is 0. The van der Waals surface area contributed by atoms with E-state index in [9.17, 15) is 4.79 Å². The Hall–Kier alpha value is -1.31. The van der Waals surface area contributed by atoms with Crippen LogP contribution < -0.4 is 14.2 Å². The summed E-state index contributed by atoms with van der Waals surface area (Å²) in [5.74, 6) is -0.0113. The monoisotopic (exact) mass is 220 g/mol. The molecule has 0 aliphatic rings. The van der Waals surface area contributed by atoms with Crippen LogP contribution in [0.5, 0.6) is 17.2 Å². The van der Waals surface area contributed by atoms with E-state index in [-0.39, 0.29) is 24.4 Å². The van der Waals surface area contributed by atoms with Gasteiger partial charge in [0, 0.05) is 0 Å². The summed E-state index contributed by atoms with van der Waals surface area (Å²) >= 11 is 0. The first-order chi connectivity index (χ1) is 7.13.